The van der Waals surface area contributed by atoms with Crippen LogP contribution in [0, 0.1) is 59.2 Å². The molecule has 6 heteroatoms. The average Bonchev–Trinajstić information content (AvgIpc) is 3.01. The summed E-state index contributed by atoms with van der Waals surface area (Å²) in [4.78, 5) is 0. The topological polar surface area (TPSA) is 0 Å². The Balaban J connectivity index is -0.0000000554. The van der Waals surface area contributed by atoms with Crippen molar-refractivity contribution in [1.82, 2.24) is 0 Å². The first-order valence-corrected chi connectivity index (χ1v) is 22.1. The highest BCUT2D eigenvalue weighted by atomic mass is 19.4. The fourth-order valence-electron chi connectivity index (χ4n) is 1.15. The van der Waals surface area contributed by atoms with Gasteiger partial charge in [-0.1, -0.05) is 232 Å². The Kier molecular flexibility index (Phi) is 70.1. The van der Waals surface area contributed by atoms with Crippen molar-refractivity contribution in [1.29, 1.82) is 0 Å². The van der Waals surface area contributed by atoms with Gasteiger partial charge in [-0.15, -0.1) is 0 Å². The number of halogens is 6. The van der Waals surface area contributed by atoms with Crippen molar-refractivity contribution in [3.63, 3.8) is 0 Å². The third-order valence-electron chi connectivity index (χ3n) is 6.77. The van der Waals surface area contributed by atoms with E-state index in [0.29, 0.717) is 0 Å². The van der Waals surface area contributed by atoms with Crippen LogP contribution in [0.15, 0.2) is 0 Å². The first-order chi connectivity index (χ1) is 25.6. The molecule has 0 saturated heterocycles. The molecule has 0 amide bonds. The molecule has 350 valence electrons. The van der Waals surface area contributed by atoms with Gasteiger partial charge in [0.1, 0.15) is 0 Å². The van der Waals surface area contributed by atoms with E-state index in [1.165, 1.54) is 58.8 Å². The lowest BCUT2D eigenvalue weighted by Gasteiger charge is -2.12. The Bertz CT molecular complexity index is 593. The zero-order chi connectivity index (χ0) is 49.8. The van der Waals surface area contributed by atoms with E-state index in [0.717, 1.165) is 56.3 Å². The van der Waals surface area contributed by atoms with Gasteiger partial charge in [-0.3, -0.25) is 0 Å². The highest BCUT2D eigenvalue weighted by Crippen LogP contribution is 2.24. The minimum absolute atomic E-state index is 0.185. The predicted octanol–water partition coefficient (Wildman–Crippen LogP) is 20.9. The molecule has 0 nitrogen and oxygen atoms in total. The minimum atomic E-state index is -4.00. The van der Waals surface area contributed by atoms with Gasteiger partial charge in [-0.05, 0) is 61.2 Å². The fourth-order valence-corrected chi connectivity index (χ4v) is 1.15. The van der Waals surface area contributed by atoms with Crippen LogP contribution in [0.25, 0.3) is 0 Å². The summed E-state index contributed by atoms with van der Waals surface area (Å²) < 4.78 is 89.2. The van der Waals surface area contributed by atoms with E-state index in [-0.39, 0.29) is 11.8 Å². The Morgan fingerprint density at radius 3 is 0.564 bits per heavy atom. The molecule has 0 aliphatic carbocycles. The monoisotopic (exact) mass is 818 g/mol. The second-order valence-corrected chi connectivity index (χ2v) is 18.4. The maximum atomic E-state index is 11.8. The van der Waals surface area contributed by atoms with Crippen molar-refractivity contribution in [2.75, 3.05) is 0 Å². The van der Waals surface area contributed by atoms with E-state index in [9.17, 15) is 26.3 Å². The summed E-state index contributed by atoms with van der Waals surface area (Å²) in [6.07, 6.45) is 4.68. The highest BCUT2D eigenvalue weighted by Gasteiger charge is 2.31. The molecule has 1 atom stereocenters. The van der Waals surface area contributed by atoms with Crippen LogP contribution in [0.1, 0.15) is 250 Å². The van der Waals surface area contributed by atoms with Gasteiger partial charge in [0, 0.05) is 15.9 Å². The summed E-state index contributed by atoms with van der Waals surface area (Å²) >= 11 is 0. The zero-order valence-corrected chi connectivity index (χ0v) is 43.1. The van der Waals surface area contributed by atoms with Gasteiger partial charge in [0.05, 0.1) is 6.17 Å². The summed E-state index contributed by atoms with van der Waals surface area (Å²) in [7, 11) is 0. The maximum absolute atomic E-state index is 11.8. The largest absolute Gasteiger partial charge is 0.391 e. The number of hydrogen-bond acceptors (Lipinski definition) is 0. The van der Waals surface area contributed by atoms with Crippen LogP contribution in [-0.2, 0) is 0 Å². The quantitative estimate of drug-likeness (QED) is 0.203. The van der Waals surface area contributed by atoms with E-state index < -0.39 is 37.0 Å². The van der Waals surface area contributed by atoms with Gasteiger partial charge in [-0.25, -0.2) is 13.2 Å². The lowest BCUT2D eigenvalue weighted by molar-refractivity contribution is -0.164. The number of alkyl halides is 6. The summed E-state index contributed by atoms with van der Waals surface area (Å²) in [5.74, 6) is 1.03. The molecule has 55 heavy (non-hydrogen) atoms. The molecule has 0 fully saturated rings. The van der Waals surface area contributed by atoms with Crippen molar-refractivity contribution in [2.45, 2.75) is 264 Å². The first-order valence-electron chi connectivity index (χ1n) is 23.6. The van der Waals surface area contributed by atoms with Gasteiger partial charge < -0.3 is 0 Å². The summed E-state index contributed by atoms with van der Waals surface area (Å²) in [5.41, 5.74) is 0. The third kappa shape index (κ3) is 187. The molecule has 0 aliphatic heterocycles. The summed E-state index contributed by atoms with van der Waals surface area (Å²) in [5, 5.41) is 0. The molecule has 0 N–H and O–H groups in total. The molecule has 0 saturated carbocycles. The number of hydrogen-bond donors (Lipinski definition) is 0. The second-order valence-electron chi connectivity index (χ2n) is 18.4. The van der Waals surface area contributed by atoms with Gasteiger partial charge >= 0.3 is 6.18 Å². The molecule has 1 unspecified atom stereocenters. The van der Waals surface area contributed by atoms with Crippen LogP contribution in [0.4, 0.5) is 26.3 Å². The van der Waals surface area contributed by atoms with Crippen molar-refractivity contribution >= 4 is 0 Å². The second kappa shape index (κ2) is 55.7. The van der Waals surface area contributed by atoms with Crippen molar-refractivity contribution in [3.8, 4) is 0 Å². The Hall–Kier alpha value is -0.420. The molecule has 0 aromatic carbocycles. The summed E-state index contributed by atoms with van der Waals surface area (Å²) in [6.45, 7) is 53.0. The van der Waals surface area contributed by atoms with E-state index >= 15 is 0 Å². The van der Waals surface area contributed by atoms with Crippen LogP contribution in [-0.4, -0.2) is 18.3 Å². The molecule has 0 rings (SSSR count). The minimum Gasteiger partial charge on any atom is -0.248 e. The fraction of sp³-hybridized carbons (Fsp3) is 1.00. The SMILES string of the molecule is CC(C)C.CC(C)C(C)(F)F.CC(C)C(C)F.CC(C)C(F)(F)F.CCC(C)C.CCC(C)C.CCC(C)C.CCCC(C)C.CCCC(C)C.[2H]C([2H])([2H])C(C)C. The van der Waals surface area contributed by atoms with Crippen LogP contribution < -0.4 is 0 Å². The van der Waals surface area contributed by atoms with E-state index in [1.54, 1.807) is 20.8 Å². The average molecular weight is 818 g/mol. The lowest BCUT2D eigenvalue weighted by atomic mass is 10.1. The Labute approximate surface area is 353 Å². The van der Waals surface area contributed by atoms with E-state index in [2.05, 4.69) is 125 Å². The molecule has 0 radical (unpaired) electrons. The Morgan fingerprint density at radius 1 is 0.418 bits per heavy atom. The molecular weight excluding hydrogens is 703 g/mol. The molecule has 0 aromatic rings. The van der Waals surface area contributed by atoms with Crippen molar-refractivity contribution in [3.05, 3.63) is 0 Å². The number of rotatable bonds is 9. The first kappa shape index (κ1) is 69.2. The van der Waals surface area contributed by atoms with Crippen LogP contribution in [0.3, 0.4) is 0 Å². The zero-order valence-electron chi connectivity index (χ0n) is 46.1. The smallest absolute Gasteiger partial charge is 0.248 e. The van der Waals surface area contributed by atoms with Gasteiger partial charge in [0.15, 0.2) is 0 Å². The molecule has 0 aromatic heterocycles. The van der Waals surface area contributed by atoms with Crippen LogP contribution in [0.2, 0.25) is 0 Å². The lowest BCUT2D eigenvalue weighted by Crippen LogP contribution is -2.17. The molecule has 0 heterocycles. The van der Waals surface area contributed by atoms with Gasteiger partial charge in [0.2, 0.25) is 5.92 Å². The normalized spacial score (nSPS) is 12.1. The molecular formula is C49H112F6. The predicted molar refractivity (Wildman–Crippen MR) is 248 cm³/mol. The van der Waals surface area contributed by atoms with Crippen LogP contribution >= 0.6 is 0 Å². The standard InChI is InChI=1S/2C6H14.C5H10F2.C5H11F.3C5H12.C4H7F3.2C4H10/c2*1-4-5-6(2)3;1-4(2)5(3,6)7;1-4(2)5(3)6;3*1-4-5(2)3;1-3(2)4(5,6)7;2*1-4(2)3/h2*6H,4-5H2,1-3H3;4H,1-3H3;4-5H,1-3H3;3*5H,4H2,1-3H3;3H,1-2H3;2*4H,1-3H3/i;;;;;;;;1D3;. The maximum Gasteiger partial charge on any atom is 0.391 e. The van der Waals surface area contributed by atoms with Crippen molar-refractivity contribution < 1.29 is 30.5 Å². The van der Waals surface area contributed by atoms with Crippen molar-refractivity contribution in [2.24, 2.45) is 59.2 Å². The Morgan fingerprint density at radius 2 is 0.564 bits per heavy atom. The van der Waals surface area contributed by atoms with E-state index in [4.69, 9.17) is 4.11 Å². The third-order valence-corrected chi connectivity index (χ3v) is 6.77. The highest BCUT2D eigenvalue weighted by molar-refractivity contribution is 4.61. The molecule has 0 bridgehead atoms. The van der Waals surface area contributed by atoms with Gasteiger partial charge in [-0.2, -0.15) is 13.2 Å². The van der Waals surface area contributed by atoms with Gasteiger partial charge in [0.25, 0.3) is 0 Å². The van der Waals surface area contributed by atoms with Crippen LogP contribution in [0.5, 0.6) is 0 Å². The molecule has 0 aliphatic rings. The van der Waals surface area contributed by atoms with E-state index in [1.807, 2.05) is 13.8 Å². The molecule has 0 spiro atoms. The summed E-state index contributed by atoms with van der Waals surface area (Å²) in [6, 6.07) is 0.